The number of nitrogens with one attached hydrogen (secondary N) is 1. The fourth-order valence-corrected chi connectivity index (χ4v) is 4.97. The highest BCUT2D eigenvalue weighted by molar-refractivity contribution is 7.57. The number of amides is 2. The molecule has 1 atom stereocenters. The number of ether oxygens (including phenoxy) is 2. The van der Waals surface area contributed by atoms with E-state index in [-0.39, 0.29) is 41.3 Å². The standard InChI is InChI=1S/C25H31N6O6P/c1-5-35-38(4,34)16-31-10-7-22(29-31)28-24(32)18-11-19(36-17(2)3)13-20(12-18)37-23-15-26-21(14-27-23)25(33)30-8-6-9-30/h7,10-15,17H,5-6,8-9,16H2,1-4H3,(H,28,29,32). The number of rotatable bonds is 11. The summed E-state index contributed by atoms with van der Waals surface area (Å²) < 4.78 is 30.8. The van der Waals surface area contributed by atoms with Crippen molar-refractivity contribution in [3.8, 4) is 17.4 Å². The van der Waals surface area contributed by atoms with Gasteiger partial charge in [0, 0.05) is 43.6 Å². The zero-order chi connectivity index (χ0) is 27.3. The van der Waals surface area contributed by atoms with E-state index in [9.17, 15) is 14.2 Å². The van der Waals surface area contributed by atoms with Crippen molar-refractivity contribution in [2.24, 2.45) is 0 Å². The second-order valence-electron chi connectivity index (χ2n) is 9.12. The van der Waals surface area contributed by atoms with Gasteiger partial charge in [-0.25, -0.2) is 9.97 Å². The van der Waals surface area contributed by atoms with Gasteiger partial charge in [-0.1, -0.05) is 0 Å². The molecule has 12 nitrogen and oxygen atoms in total. The first-order valence-corrected chi connectivity index (χ1v) is 14.5. The van der Waals surface area contributed by atoms with Crippen molar-refractivity contribution in [1.29, 1.82) is 0 Å². The third-order valence-electron chi connectivity index (χ3n) is 5.41. The molecular weight excluding hydrogens is 511 g/mol. The van der Waals surface area contributed by atoms with Crippen LogP contribution in [0.4, 0.5) is 5.82 Å². The topological polar surface area (TPSA) is 138 Å². The summed E-state index contributed by atoms with van der Waals surface area (Å²) in [5.41, 5.74) is 0.509. The van der Waals surface area contributed by atoms with E-state index in [0.29, 0.717) is 18.1 Å². The Kier molecular flexibility index (Phi) is 8.43. The molecule has 4 rings (SSSR count). The van der Waals surface area contributed by atoms with Gasteiger partial charge < -0.3 is 24.2 Å². The lowest BCUT2D eigenvalue weighted by atomic mass is 10.2. The van der Waals surface area contributed by atoms with Crippen LogP contribution in [0.1, 0.15) is 48.0 Å². The zero-order valence-electron chi connectivity index (χ0n) is 21.8. The Morgan fingerprint density at radius 1 is 1.13 bits per heavy atom. The number of hydrogen-bond acceptors (Lipinski definition) is 9. The maximum Gasteiger partial charge on any atom is 0.274 e. The minimum atomic E-state index is -2.84. The quantitative estimate of drug-likeness (QED) is 0.352. The summed E-state index contributed by atoms with van der Waals surface area (Å²) in [5, 5.41) is 7.00. The fourth-order valence-electron chi connectivity index (χ4n) is 3.66. The number of nitrogens with zero attached hydrogens (tertiary/aromatic N) is 5. The molecule has 1 saturated heterocycles. The maximum absolute atomic E-state index is 13.1. The Bertz CT molecular complexity index is 1340. The van der Waals surface area contributed by atoms with Gasteiger partial charge in [-0.2, -0.15) is 5.10 Å². The van der Waals surface area contributed by atoms with E-state index in [2.05, 4.69) is 20.4 Å². The maximum atomic E-state index is 13.1. The smallest absolute Gasteiger partial charge is 0.274 e. The minimum Gasteiger partial charge on any atom is -0.491 e. The van der Waals surface area contributed by atoms with E-state index < -0.39 is 13.3 Å². The number of likely N-dealkylation sites (tertiary alicyclic amines) is 1. The summed E-state index contributed by atoms with van der Waals surface area (Å²) in [6.07, 6.45) is 5.29. The van der Waals surface area contributed by atoms with Crippen molar-refractivity contribution in [2.45, 2.75) is 39.6 Å². The number of carbonyl (C=O) groups is 2. The largest absolute Gasteiger partial charge is 0.491 e. The minimum absolute atomic E-state index is 0.0931. The highest BCUT2D eigenvalue weighted by Crippen LogP contribution is 2.43. The van der Waals surface area contributed by atoms with Gasteiger partial charge in [-0.15, -0.1) is 0 Å². The summed E-state index contributed by atoms with van der Waals surface area (Å²) in [7, 11) is -2.84. The molecule has 3 aromatic rings. The van der Waals surface area contributed by atoms with Crippen LogP contribution >= 0.6 is 7.37 Å². The lowest BCUT2D eigenvalue weighted by Crippen LogP contribution is -2.42. The molecule has 1 aliphatic heterocycles. The van der Waals surface area contributed by atoms with E-state index >= 15 is 0 Å². The molecule has 0 saturated carbocycles. The van der Waals surface area contributed by atoms with Gasteiger partial charge in [0.05, 0.1) is 25.1 Å². The van der Waals surface area contributed by atoms with Crippen molar-refractivity contribution in [3.63, 3.8) is 0 Å². The summed E-state index contributed by atoms with van der Waals surface area (Å²) in [6.45, 7) is 8.84. The van der Waals surface area contributed by atoms with Crippen molar-refractivity contribution in [3.05, 3.63) is 54.1 Å². The van der Waals surface area contributed by atoms with E-state index in [4.69, 9.17) is 14.0 Å². The molecule has 2 aromatic heterocycles. The second-order valence-corrected chi connectivity index (χ2v) is 11.7. The van der Waals surface area contributed by atoms with Crippen LogP contribution in [0.25, 0.3) is 0 Å². The van der Waals surface area contributed by atoms with E-state index in [1.807, 2.05) is 13.8 Å². The molecule has 0 radical (unpaired) electrons. The number of aromatic nitrogens is 4. The molecule has 1 unspecified atom stereocenters. The molecule has 1 fully saturated rings. The Balaban J connectivity index is 1.48. The average Bonchev–Trinajstić information content (AvgIpc) is 3.23. The molecule has 1 N–H and O–H groups in total. The molecule has 3 heterocycles. The van der Waals surface area contributed by atoms with Crippen molar-refractivity contribution >= 4 is 25.0 Å². The first-order valence-electron chi connectivity index (χ1n) is 12.3. The Hall–Kier alpha value is -3.76. The molecule has 13 heteroatoms. The van der Waals surface area contributed by atoms with Gasteiger partial charge in [-0.05, 0) is 39.3 Å². The van der Waals surface area contributed by atoms with Crippen LogP contribution in [-0.2, 0) is 15.4 Å². The van der Waals surface area contributed by atoms with Gasteiger partial charge in [0.25, 0.3) is 11.8 Å². The monoisotopic (exact) mass is 542 g/mol. The first-order chi connectivity index (χ1) is 18.1. The molecule has 1 aromatic carbocycles. The molecule has 2 amide bonds. The van der Waals surface area contributed by atoms with Crippen LogP contribution in [0.5, 0.6) is 17.4 Å². The third kappa shape index (κ3) is 7.17. The van der Waals surface area contributed by atoms with Gasteiger partial charge in [-0.3, -0.25) is 18.8 Å². The van der Waals surface area contributed by atoms with Gasteiger partial charge >= 0.3 is 0 Å². The Morgan fingerprint density at radius 3 is 2.53 bits per heavy atom. The van der Waals surface area contributed by atoms with Gasteiger partial charge in [0.15, 0.2) is 5.82 Å². The zero-order valence-corrected chi connectivity index (χ0v) is 22.7. The third-order valence-corrected chi connectivity index (χ3v) is 7.02. The fraction of sp³-hybridized carbons (Fsp3) is 0.400. The van der Waals surface area contributed by atoms with Gasteiger partial charge in [0.2, 0.25) is 13.2 Å². The van der Waals surface area contributed by atoms with Gasteiger partial charge in [0.1, 0.15) is 23.5 Å². The second kappa shape index (κ2) is 11.7. The lowest BCUT2D eigenvalue weighted by Gasteiger charge is -2.30. The molecule has 202 valence electrons. The predicted molar refractivity (Wildman–Crippen MR) is 140 cm³/mol. The molecule has 1 aliphatic rings. The van der Waals surface area contributed by atoms with E-state index in [1.165, 1.54) is 23.1 Å². The first kappa shape index (κ1) is 27.3. The van der Waals surface area contributed by atoms with Crippen LogP contribution in [0.3, 0.4) is 0 Å². The lowest BCUT2D eigenvalue weighted by molar-refractivity contribution is 0.0645. The number of hydrogen-bond donors (Lipinski definition) is 1. The number of anilines is 1. The van der Waals surface area contributed by atoms with Crippen LogP contribution in [0.15, 0.2) is 42.9 Å². The molecular formula is C25H31N6O6P. The predicted octanol–water partition coefficient (Wildman–Crippen LogP) is 4.25. The van der Waals surface area contributed by atoms with Crippen molar-refractivity contribution in [1.82, 2.24) is 24.6 Å². The van der Waals surface area contributed by atoms with E-state index in [1.54, 1.807) is 42.9 Å². The summed E-state index contributed by atoms with van der Waals surface area (Å²) in [4.78, 5) is 35.4. The summed E-state index contributed by atoms with van der Waals surface area (Å²) in [5.74, 6) is 0.574. The number of benzene rings is 1. The average molecular weight is 543 g/mol. The van der Waals surface area contributed by atoms with E-state index in [0.717, 1.165) is 19.5 Å². The van der Waals surface area contributed by atoms with Crippen LogP contribution in [0, 0.1) is 0 Å². The normalized spacial score (nSPS) is 14.5. The number of carbonyl (C=O) groups excluding carboxylic acids is 2. The van der Waals surface area contributed by atoms with Crippen LogP contribution in [-0.4, -0.2) is 68.9 Å². The van der Waals surface area contributed by atoms with Crippen LogP contribution in [0.2, 0.25) is 0 Å². The molecule has 0 spiro atoms. The highest BCUT2D eigenvalue weighted by Gasteiger charge is 2.23. The molecule has 38 heavy (non-hydrogen) atoms. The van der Waals surface area contributed by atoms with Crippen molar-refractivity contribution < 1.29 is 28.2 Å². The summed E-state index contributed by atoms with van der Waals surface area (Å²) in [6, 6.07) is 6.37. The molecule has 0 aliphatic carbocycles. The SMILES string of the molecule is CCOP(C)(=O)Cn1ccc(NC(=O)c2cc(Oc3cnc(C(=O)N4CCC4)cn3)cc(OC(C)C)c2)n1. The Labute approximate surface area is 220 Å². The Morgan fingerprint density at radius 2 is 1.89 bits per heavy atom. The summed E-state index contributed by atoms with van der Waals surface area (Å²) >= 11 is 0. The van der Waals surface area contributed by atoms with Crippen LogP contribution < -0.4 is 14.8 Å². The molecule has 0 bridgehead atoms. The van der Waals surface area contributed by atoms with Crippen molar-refractivity contribution in [2.75, 3.05) is 31.7 Å². The highest BCUT2D eigenvalue weighted by atomic mass is 31.2.